The summed E-state index contributed by atoms with van der Waals surface area (Å²) < 4.78 is 13.7. The average Bonchev–Trinajstić information content (AvgIpc) is 2.49. The van der Waals surface area contributed by atoms with Gasteiger partial charge in [0.1, 0.15) is 5.82 Å². The highest BCUT2D eigenvalue weighted by Crippen LogP contribution is 2.37. The molecular formula is C18H19ClFNO. The van der Waals surface area contributed by atoms with Gasteiger partial charge in [-0.25, -0.2) is 4.39 Å². The predicted molar refractivity (Wildman–Crippen MR) is 89.0 cm³/mol. The van der Waals surface area contributed by atoms with Gasteiger partial charge in [0.2, 0.25) is 6.41 Å². The molecule has 2 aromatic carbocycles. The summed E-state index contributed by atoms with van der Waals surface area (Å²) in [7, 11) is 0. The lowest BCUT2D eigenvalue weighted by molar-refractivity contribution is -0.105. The number of rotatable bonds is 6. The Kier molecular flexibility index (Phi) is 5.56. The van der Waals surface area contributed by atoms with E-state index in [0.29, 0.717) is 17.1 Å². The molecule has 1 unspecified atom stereocenters. The van der Waals surface area contributed by atoms with Crippen LogP contribution in [0.1, 0.15) is 42.4 Å². The van der Waals surface area contributed by atoms with Gasteiger partial charge in [0.15, 0.2) is 0 Å². The fourth-order valence-corrected chi connectivity index (χ4v) is 2.95. The van der Waals surface area contributed by atoms with Crippen LogP contribution in [0.25, 0.3) is 0 Å². The maximum absolute atomic E-state index is 13.7. The highest BCUT2D eigenvalue weighted by Gasteiger charge is 2.19. The summed E-state index contributed by atoms with van der Waals surface area (Å²) in [6.07, 6.45) is 2.44. The van der Waals surface area contributed by atoms with Crippen molar-refractivity contribution in [1.82, 2.24) is 0 Å². The van der Waals surface area contributed by atoms with E-state index >= 15 is 0 Å². The third-order valence-corrected chi connectivity index (χ3v) is 4.03. The summed E-state index contributed by atoms with van der Waals surface area (Å²) in [5.74, 6) is -0.235. The summed E-state index contributed by atoms with van der Waals surface area (Å²) in [4.78, 5) is 10.9. The fraction of sp³-hybridized carbons (Fsp3) is 0.278. The van der Waals surface area contributed by atoms with E-state index in [1.54, 1.807) is 24.3 Å². The third kappa shape index (κ3) is 3.66. The molecule has 2 aromatic rings. The zero-order valence-corrected chi connectivity index (χ0v) is 13.5. The highest BCUT2D eigenvalue weighted by molar-refractivity contribution is 6.30. The van der Waals surface area contributed by atoms with Gasteiger partial charge in [-0.1, -0.05) is 37.1 Å². The van der Waals surface area contributed by atoms with E-state index < -0.39 is 0 Å². The zero-order chi connectivity index (χ0) is 16.1. The molecule has 0 radical (unpaired) electrons. The van der Waals surface area contributed by atoms with E-state index in [-0.39, 0.29) is 11.7 Å². The summed E-state index contributed by atoms with van der Waals surface area (Å²) in [5.41, 5.74) is 3.60. The Bertz CT molecular complexity index is 672. The number of carbonyl (C=O) groups is 1. The summed E-state index contributed by atoms with van der Waals surface area (Å²) in [6.45, 7) is 4.06. The van der Waals surface area contributed by atoms with Crippen LogP contribution in [0.15, 0.2) is 36.4 Å². The molecule has 1 amide bonds. The number of nitrogens with one attached hydrogen (secondary N) is 1. The Morgan fingerprint density at radius 2 is 2.00 bits per heavy atom. The molecule has 0 aliphatic carbocycles. The molecule has 2 rings (SSSR count). The van der Waals surface area contributed by atoms with Crippen LogP contribution in [-0.2, 0) is 4.79 Å². The molecule has 0 aliphatic heterocycles. The van der Waals surface area contributed by atoms with Crippen LogP contribution < -0.4 is 5.32 Å². The highest BCUT2D eigenvalue weighted by atomic mass is 35.5. The number of aryl methyl sites for hydroxylation is 1. The molecule has 0 saturated heterocycles. The molecule has 0 aliphatic rings. The van der Waals surface area contributed by atoms with Crippen molar-refractivity contribution in [3.8, 4) is 0 Å². The van der Waals surface area contributed by atoms with E-state index in [9.17, 15) is 9.18 Å². The average molecular weight is 320 g/mol. The van der Waals surface area contributed by atoms with Crippen LogP contribution >= 0.6 is 11.6 Å². The SMILES string of the molecule is CCCC(c1cc(F)ccc1C)c1ccc(Cl)cc1NC=O. The second kappa shape index (κ2) is 7.41. The van der Waals surface area contributed by atoms with Crippen molar-refractivity contribution in [2.75, 3.05) is 5.32 Å². The molecule has 0 heterocycles. The van der Waals surface area contributed by atoms with Crippen LogP contribution in [0, 0.1) is 12.7 Å². The summed E-state index contributed by atoms with van der Waals surface area (Å²) in [5, 5.41) is 3.26. The Balaban J connectivity index is 2.57. The number of hydrogen-bond acceptors (Lipinski definition) is 1. The molecule has 2 nitrogen and oxygen atoms in total. The quantitative estimate of drug-likeness (QED) is 0.720. The Labute approximate surface area is 135 Å². The number of carbonyl (C=O) groups excluding carboxylic acids is 1. The number of hydrogen-bond donors (Lipinski definition) is 1. The molecular weight excluding hydrogens is 301 g/mol. The van der Waals surface area contributed by atoms with E-state index in [1.807, 2.05) is 13.0 Å². The molecule has 0 spiro atoms. The number of halogens is 2. The van der Waals surface area contributed by atoms with Gasteiger partial charge < -0.3 is 5.32 Å². The first-order chi connectivity index (χ1) is 10.6. The molecule has 0 saturated carbocycles. The summed E-state index contributed by atoms with van der Waals surface area (Å²) >= 11 is 6.02. The Hall–Kier alpha value is -1.87. The van der Waals surface area contributed by atoms with Gasteiger partial charge in [0.05, 0.1) is 0 Å². The van der Waals surface area contributed by atoms with Crippen molar-refractivity contribution in [2.24, 2.45) is 0 Å². The minimum absolute atomic E-state index is 0.0143. The minimum Gasteiger partial charge on any atom is -0.328 e. The maximum atomic E-state index is 13.7. The van der Waals surface area contributed by atoms with Gasteiger partial charge in [-0.05, 0) is 54.3 Å². The molecule has 4 heteroatoms. The van der Waals surface area contributed by atoms with Gasteiger partial charge in [0, 0.05) is 16.6 Å². The van der Waals surface area contributed by atoms with E-state index in [0.717, 1.165) is 29.5 Å². The van der Waals surface area contributed by atoms with Crippen molar-refractivity contribution in [3.05, 3.63) is 63.9 Å². The molecule has 116 valence electrons. The standard InChI is InChI=1S/C18H19ClFNO/c1-3-4-15(17-10-14(20)7-5-12(17)2)16-8-6-13(19)9-18(16)21-11-22/h5-11,15H,3-4H2,1-2H3,(H,21,22). The van der Waals surface area contributed by atoms with Crippen molar-refractivity contribution in [3.63, 3.8) is 0 Å². The first-order valence-corrected chi connectivity index (χ1v) is 7.70. The van der Waals surface area contributed by atoms with Crippen LogP contribution in [0.5, 0.6) is 0 Å². The minimum atomic E-state index is -0.249. The lowest BCUT2D eigenvalue weighted by Gasteiger charge is -2.22. The molecule has 0 fully saturated rings. The lowest BCUT2D eigenvalue weighted by Crippen LogP contribution is -2.08. The number of anilines is 1. The normalized spacial score (nSPS) is 12.0. The van der Waals surface area contributed by atoms with Gasteiger partial charge in [-0.2, -0.15) is 0 Å². The van der Waals surface area contributed by atoms with Gasteiger partial charge in [0.25, 0.3) is 0 Å². The predicted octanol–water partition coefficient (Wildman–Crippen LogP) is 5.29. The topological polar surface area (TPSA) is 29.1 Å². The second-order valence-corrected chi connectivity index (χ2v) is 5.77. The first-order valence-electron chi connectivity index (χ1n) is 7.32. The summed E-state index contributed by atoms with van der Waals surface area (Å²) in [6, 6.07) is 10.3. The third-order valence-electron chi connectivity index (χ3n) is 3.80. The molecule has 1 N–H and O–H groups in total. The lowest BCUT2D eigenvalue weighted by atomic mass is 9.84. The van der Waals surface area contributed by atoms with Crippen LogP contribution in [0.2, 0.25) is 5.02 Å². The smallest absolute Gasteiger partial charge is 0.211 e. The Morgan fingerprint density at radius 3 is 2.68 bits per heavy atom. The Morgan fingerprint density at radius 1 is 1.23 bits per heavy atom. The van der Waals surface area contributed by atoms with E-state index in [2.05, 4.69) is 12.2 Å². The second-order valence-electron chi connectivity index (χ2n) is 5.34. The van der Waals surface area contributed by atoms with Crippen molar-refractivity contribution >= 4 is 23.7 Å². The fourth-order valence-electron chi connectivity index (χ4n) is 2.77. The van der Waals surface area contributed by atoms with Crippen molar-refractivity contribution in [2.45, 2.75) is 32.6 Å². The molecule has 0 bridgehead atoms. The first kappa shape index (κ1) is 16.5. The van der Waals surface area contributed by atoms with Crippen LogP contribution in [0.3, 0.4) is 0 Å². The zero-order valence-electron chi connectivity index (χ0n) is 12.7. The van der Waals surface area contributed by atoms with Crippen LogP contribution in [0.4, 0.5) is 10.1 Å². The monoisotopic (exact) mass is 319 g/mol. The molecule has 1 atom stereocenters. The maximum Gasteiger partial charge on any atom is 0.211 e. The van der Waals surface area contributed by atoms with Gasteiger partial charge in [-0.3, -0.25) is 4.79 Å². The molecule has 22 heavy (non-hydrogen) atoms. The molecule has 0 aromatic heterocycles. The number of benzene rings is 2. The van der Waals surface area contributed by atoms with Crippen molar-refractivity contribution in [1.29, 1.82) is 0 Å². The van der Waals surface area contributed by atoms with E-state index in [1.165, 1.54) is 6.07 Å². The largest absolute Gasteiger partial charge is 0.328 e. The van der Waals surface area contributed by atoms with Crippen molar-refractivity contribution < 1.29 is 9.18 Å². The van der Waals surface area contributed by atoms with Gasteiger partial charge in [-0.15, -0.1) is 0 Å². The van der Waals surface area contributed by atoms with Crippen LogP contribution in [-0.4, -0.2) is 6.41 Å². The van der Waals surface area contributed by atoms with E-state index in [4.69, 9.17) is 11.6 Å². The van der Waals surface area contributed by atoms with Gasteiger partial charge >= 0.3 is 0 Å². The number of amides is 1.